The molecule has 1 amide bonds. The number of carbonyl (C=O) groups excluding carboxylic acids is 1. The molecule has 1 atom stereocenters. The van der Waals surface area contributed by atoms with Gasteiger partial charge in [0.15, 0.2) is 0 Å². The van der Waals surface area contributed by atoms with Crippen LogP contribution < -0.4 is 5.73 Å². The van der Waals surface area contributed by atoms with Gasteiger partial charge >= 0.3 is 0 Å². The van der Waals surface area contributed by atoms with Crippen molar-refractivity contribution >= 4 is 11.6 Å². The molecule has 0 radical (unpaired) electrons. The summed E-state index contributed by atoms with van der Waals surface area (Å²) in [5.41, 5.74) is 6.80. The Kier molecular flexibility index (Phi) is 4.69. The summed E-state index contributed by atoms with van der Waals surface area (Å²) >= 11 is 0. The number of amides is 1. The van der Waals surface area contributed by atoms with Crippen molar-refractivity contribution in [1.82, 2.24) is 0 Å². The molecule has 0 aliphatic rings. The van der Waals surface area contributed by atoms with Crippen molar-refractivity contribution in [3.8, 4) is 0 Å². The van der Waals surface area contributed by atoms with Gasteiger partial charge < -0.3 is 10.6 Å². The molecular weight excluding hydrogens is 216 g/mol. The molecule has 1 aromatic carbocycles. The van der Waals surface area contributed by atoms with Gasteiger partial charge in [-0.2, -0.15) is 0 Å². The minimum atomic E-state index is -0.532. The van der Waals surface area contributed by atoms with Gasteiger partial charge in [-0.3, -0.25) is 4.79 Å². The average Bonchev–Trinajstić information content (AvgIpc) is 2.27. The number of carbonyl (C=O) groups is 1. The van der Waals surface area contributed by atoms with Crippen LogP contribution in [0.25, 0.3) is 0 Å². The van der Waals surface area contributed by atoms with Crippen LogP contribution in [0.1, 0.15) is 32.3 Å². The first-order chi connectivity index (χ1) is 8.02. The number of benzene rings is 1. The van der Waals surface area contributed by atoms with E-state index in [-0.39, 0.29) is 6.10 Å². The predicted octanol–water partition coefficient (Wildman–Crippen LogP) is 2.06. The van der Waals surface area contributed by atoms with Gasteiger partial charge in [0.2, 0.25) is 5.91 Å². The van der Waals surface area contributed by atoms with Gasteiger partial charge in [-0.1, -0.05) is 35.5 Å². The van der Waals surface area contributed by atoms with Crippen LogP contribution in [0.15, 0.2) is 35.5 Å². The molecule has 1 aromatic rings. The lowest BCUT2D eigenvalue weighted by Gasteiger charge is -2.13. The molecule has 0 saturated carbocycles. The van der Waals surface area contributed by atoms with Crippen molar-refractivity contribution in [1.29, 1.82) is 0 Å². The van der Waals surface area contributed by atoms with Gasteiger partial charge in [-0.25, -0.2) is 0 Å². The van der Waals surface area contributed by atoms with Crippen LogP contribution in [0, 0.1) is 0 Å². The lowest BCUT2D eigenvalue weighted by molar-refractivity contribution is -0.118. The maximum absolute atomic E-state index is 11.5. The van der Waals surface area contributed by atoms with Gasteiger partial charge in [0.05, 0.1) is 5.71 Å². The van der Waals surface area contributed by atoms with Crippen LogP contribution in [0.3, 0.4) is 0 Å². The van der Waals surface area contributed by atoms with Crippen molar-refractivity contribution in [3.63, 3.8) is 0 Å². The van der Waals surface area contributed by atoms with Crippen molar-refractivity contribution in [2.24, 2.45) is 10.9 Å². The molecule has 0 spiro atoms. The molecule has 17 heavy (non-hydrogen) atoms. The van der Waals surface area contributed by atoms with Crippen LogP contribution in [-0.4, -0.2) is 17.7 Å². The Hall–Kier alpha value is -1.84. The second kappa shape index (κ2) is 6.03. The van der Waals surface area contributed by atoms with E-state index in [1.165, 1.54) is 0 Å². The summed E-state index contributed by atoms with van der Waals surface area (Å²) in [6.45, 7) is 5.49. The number of nitrogens with two attached hydrogens (primary N) is 1. The van der Waals surface area contributed by atoms with Crippen molar-refractivity contribution in [3.05, 3.63) is 35.9 Å². The zero-order valence-corrected chi connectivity index (χ0v) is 10.4. The molecule has 92 valence electrons. The van der Waals surface area contributed by atoms with Crippen LogP contribution in [0.2, 0.25) is 0 Å². The Balaban J connectivity index is 2.95. The summed E-state index contributed by atoms with van der Waals surface area (Å²) in [6, 6.07) is 9.32. The second-order valence-corrected chi connectivity index (χ2v) is 4.13. The first kappa shape index (κ1) is 13.2. The lowest BCUT2D eigenvalue weighted by atomic mass is 9.94. The number of rotatable bonds is 5. The van der Waals surface area contributed by atoms with Gasteiger partial charge in [-0.05, 0) is 26.3 Å². The van der Waals surface area contributed by atoms with Gasteiger partial charge in [0.1, 0.15) is 12.0 Å². The van der Waals surface area contributed by atoms with Crippen LogP contribution in [-0.2, 0) is 9.63 Å². The summed E-state index contributed by atoms with van der Waals surface area (Å²) < 4.78 is 0. The Morgan fingerprint density at radius 3 is 2.35 bits per heavy atom. The Labute approximate surface area is 101 Å². The number of hydrogen-bond donors (Lipinski definition) is 1. The number of hydrogen-bond acceptors (Lipinski definition) is 3. The fourth-order valence-corrected chi connectivity index (χ4v) is 1.50. The van der Waals surface area contributed by atoms with Crippen molar-refractivity contribution in [2.75, 3.05) is 0 Å². The fraction of sp³-hybridized carbons (Fsp3) is 0.385. The molecule has 1 rings (SSSR count). The molecule has 0 aromatic heterocycles. The lowest BCUT2D eigenvalue weighted by Crippen LogP contribution is -2.27. The van der Waals surface area contributed by atoms with E-state index in [0.29, 0.717) is 5.71 Å². The fourth-order valence-electron chi connectivity index (χ4n) is 1.50. The number of oxime groups is 1. The SMILES string of the molecule is C/C(=N\OC(C)C)C(C(N)=O)c1ccccc1. The highest BCUT2D eigenvalue weighted by molar-refractivity contribution is 6.07. The maximum atomic E-state index is 11.5. The topological polar surface area (TPSA) is 64.7 Å². The van der Waals surface area contributed by atoms with Crippen molar-refractivity contribution in [2.45, 2.75) is 32.8 Å². The Morgan fingerprint density at radius 1 is 1.29 bits per heavy atom. The molecule has 4 nitrogen and oxygen atoms in total. The predicted molar refractivity (Wildman–Crippen MR) is 67.7 cm³/mol. The Bertz CT molecular complexity index is 399. The summed E-state index contributed by atoms with van der Waals surface area (Å²) in [6.07, 6.45) is -0.0192. The maximum Gasteiger partial charge on any atom is 0.230 e. The molecule has 0 heterocycles. The van der Waals surface area contributed by atoms with Gasteiger partial charge in [0, 0.05) is 0 Å². The highest BCUT2D eigenvalue weighted by atomic mass is 16.6. The summed E-state index contributed by atoms with van der Waals surface area (Å²) in [4.78, 5) is 16.6. The molecule has 4 heteroatoms. The van der Waals surface area contributed by atoms with E-state index in [0.717, 1.165) is 5.56 Å². The largest absolute Gasteiger partial charge is 0.393 e. The van der Waals surface area contributed by atoms with E-state index >= 15 is 0 Å². The normalized spacial score (nSPS) is 13.5. The summed E-state index contributed by atoms with van der Waals surface area (Å²) in [5.74, 6) is -0.959. The van der Waals surface area contributed by atoms with E-state index in [9.17, 15) is 4.79 Å². The molecule has 2 N–H and O–H groups in total. The third-order valence-electron chi connectivity index (χ3n) is 2.24. The smallest absolute Gasteiger partial charge is 0.230 e. The standard InChI is InChI=1S/C13H18N2O2/c1-9(2)17-15-10(3)12(13(14)16)11-7-5-4-6-8-11/h4-9,12H,1-3H3,(H2,14,16)/b15-10+. The molecule has 1 unspecified atom stereocenters. The third kappa shape index (κ3) is 3.90. The highest BCUT2D eigenvalue weighted by Crippen LogP contribution is 2.17. The molecule has 0 bridgehead atoms. The van der Waals surface area contributed by atoms with E-state index in [2.05, 4.69) is 5.16 Å². The number of nitrogens with zero attached hydrogens (tertiary/aromatic N) is 1. The zero-order chi connectivity index (χ0) is 12.8. The average molecular weight is 234 g/mol. The van der Waals surface area contributed by atoms with E-state index in [1.807, 2.05) is 44.2 Å². The molecule has 0 fully saturated rings. The van der Waals surface area contributed by atoms with E-state index < -0.39 is 11.8 Å². The summed E-state index contributed by atoms with van der Waals surface area (Å²) in [7, 11) is 0. The number of primary amides is 1. The molecule has 0 aliphatic heterocycles. The first-order valence-electron chi connectivity index (χ1n) is 5.57. The van der Waals surface area contributed by atoms with Crippen LogP contribution in [0.5, 0.6) is 0 Å². The second-order valence-electron chi connectivity index (χ2n) is 4.13. The van der Waals surface area contributed by atoms with Gasteiger partial charge in [0.25, 0.3) is 0 Å². The first-order valence-corrected chi connectivity index (χ1v) is 5.57. The monoisotopic (exact) mass is 234 g/mol. The quantitative estimate of drug-likeness (QED) is 0.626. The van der Waals surface area contributed by atoms with Crippen LogP contribution in [0.4, 0.5) is 0 Å². The molecular formula is C13H18N2O2. The molecule has 0 saturated heterocycles. The van der Waals surface area contributed by atoms with E-state index in [4.69, 9.17) is 10.6 Å². The Morgan fingerprint density at radius 2 is 1.88 bits per heavy atom. The third-order valence-corrected chi connectivity index (χ3v) is 2.24. The van der Waals surface area contributed by atoms with E-state index in [1.54, 1.807) is 6.92 Å². The minimum Gasteiger partial charge on any atom is -0.393 e. The summed E-state index contributed by atoms with van der Waals surface area (Å²) in [5, 5.41) is 3.94. The zero-order valence-electron chi connectivity index (χ0n) is 10.4. The highest BCUT2D eigenvalue weighted by Gasteiger charge is 2.21. The van der Waals surface area contributed by atoms with Crippen molar-refractivity contribution < 1.29 is 9.63 Å². The van der Waals surface area contributed by atoms with Gasteiger partial charge in [-0.15, -0.1) is 0 Å². The molecule has 0 aliphatic carbocycles. The minimum absolute atomic E-state index is 0.0192. The van der Waals surface area contributed by atoms with Crippen LogP contribution >= 0.6 is 0 Å².